The molecule has 1 aromatic carbocycles. The first-order valence-electron chi connectivity index (χ1n) is 6.47. The maximum atomic E-state index is 11.9. The van der Waals surface area contributed by atoms with Gasteiger partial charge in [-0.05, 0) is 24.6 Å². The van der Waals surface area contributed by atoms with Crippen molar-refractivity contribution in [3.05, 3.63) is 34.9 Å². The second kappa shape index (κ2) is 7.11. The van der Waals surface area contributed by atoms with Crippen molar-refractivity contribution < 1.29 is 9.59 Å². The van der Waals surface area contributed by atoms with Crippen molar-refractivity contribution in [3.63, 3.8) is 0 Å². The fourth-order valence-electron chi connectivity index (χ4n) is 2.43. The number of benzene rings is 1. The first kappa shape index (κ1) is 17.8. The summed E-state index contributed by atoms with van der Waals surface area (Å²) in [5, 5.41) is 3.48. The van der Waals surface area contributed by atoms with Gasteiger partial charge in [-0.1, -0.05) is 23.7 Å². The van der Waals surface area contributed by atoms with Gasteiger partial charge < -0.3 is 16.0 Å². The molecule has 1 aliphatic rings. The Morgan fingerprint density at radius 3 is 2.52 bits per heavy atom. The Labute approximate surface area is 135 Å². The van der Waals surface area contributed by atoms with Gasteiger partial charge in [-0.25, -0.2) is 0 Å². The number of nitrogens with zero attached hydrogens (tertiary/aromatic N) is 1. The van der Waals surface area contributed by atoms with Crippen molar-refractivity contribution in [3.8, 4) is 0 Å². The molecule has 3 N–H and O–H groups in total. The van der Waals surface area contributed by atoms with Crippen molar-refractivity contribution >= 4 is 35.8 Å². The number of hydrogen-bond donors (Lipinski definition) is 2. The molecule has 5 nitrogen and oxygen atoms in total. The summed E-state index contributed by atoms with van der Waals surface area (Å²) in [6, 6.07) is 6.23. The highest BCUT2D eigenvalue weighted by atomic mass is 35.5. The van der Waals surface area contributed by atoms with Crippen molar-refractivity contribution in [1.29, 1.82) is 0 Å². The molecule has 0 radical (unpaired) electrons. The summed E-state index contributed by atoms with van der Waals surface area (Å²) in [4.78, 5) is 25.3. The molecule has 116 valence electrons. The van der Waals surface area contributed by atoms with E-state index < -0.39 is 6.04 Å². The Hall–Kier alpha value is -1.30. The molecule has 1 saturated heterocycles. The minimum atomic E-state index is -0.595. The molecule has 2 unspecified atom stereocenters. The molecule has 21 heavy (non-hydrogen) atoms. The molecule has 0 aliphatic carbocycles. The maximum absolute atomic E-state index is 11.9. The third-order valence-corrected chi connectivity index (χ3v) is 3.79. The van der Waals surface area contributed by atoms with Crippen LogP contribution in [-0.4, -0.2) is 35.8 Å². The fourth-order valence-corrected chi connectivity index (χ4v) is 2.55. The zero-order valence-electron chi connectivity index (χ0n) is 11.9. The number of amides is 2. The first-order chi connectivity index (χ1) is 9.40. The first-order valence-corrected chi connectivity index (χ1v) is 6.85. The monoisotopic (exact) mass is 331 g/mol. The van der Waals surface area contributed by atoms with Gasteiger partial charge in [-0.15, -0.1) is 12.4 Å². The molecule has 2 amide bonds. The van der Waals surface area contributed by atoms with Crippen LogP contribution in [0.4, 0.5) is 0 Å². The zero-order chi connectivity index (χ0) is 14.9. The van der Waals surface area contributed by atoms with Gasteiger partial charge in [0.1, 0.15) is 0 Å². The van der Waals surface area contributed by atoms with Crippen molar-refractivity contribution in [2.45, 2.75) is 31.5 Å². The molecule has 2 rings (SSSR count). The van der Waals surface area contributed by atoms with E-state index in [1.165, 1.54) is 0 Å². The molecular formula is C14H19Cl2N3O2. The van der Waals surface area contributed by atoms with Gasteiger partial charge in [0, 0.05) is 18.5 Å². The number of carbonyl (C=O) groups is 2. The predicted molar refractivity (Wildman–Crippen MR) is 84.4 cm³/mol. The van der Waals surface area contributed by atoms with E-state index in [2.05, 4.69) is 5.32 Å². The number of halogens is 2. The highest BCUT2D eigenvalue weighted by Gasteiger charge is 2.39. The van der Waals surface area contributed by atoms with Gasteiger partial charge in [0.05, 0.1) is 18.1 Å². The molecule has 1 aliphatic heterocycles. The van der Waals surface area contributed by atoms with Crippen LogP contribution in [0.25, 0.3) is 0 Å². The number of nitrogens with one attached hydrogen (secondary N) is 1. The normalized spacial score (nSPS) is 22.7. The molecule has 1 fully saturated rings. The summed E-state index contributed by atoms with van der Waals surface area (Å²) in [5.41, 5.74) is 6.50. The summed E-state index contributed by atoms with van der Waals surface area (Å²) in [6.45, 7) is 1.62. The average Bonchev–Trinajstić information content (AvgIpc) is 2.66. The lowest BCUT2D eigenvalue weighted by atomic mass is 10.00. The van der Waals surface area contributed by atoms with Gasteiger partial charge in [-0.2, -0.15) is 0 Å². The van der Waals surface area contributed by atoms with E-state index in [9.17, 15) is 9.59 Å². The minimum Gasteiger partial charge on any atom is -0.349 e. The van der Waals surface area contributed by atoms with E-state index in [0.717, 1.165) is 5.56 Å². The molecule has 3 atom stereocenters. The van der Waals surface area contributed by atoms with Crippen LogP contribution in [0.3, 0.4) is 0 Å². The van der Waals surface area contributed by atoms with Gasteiger partial charge in [0.2, 0.25) is 11.8 Å². The number of nitrogens with two attached hydrogens (primary N) is 1. The Morgan fingerprint density at radius 1 is 1.43 bits per heavy atom. The van der Waals surface area contributed by atoms with Crippen LogP contribution in [0.5, 0.6) is 0 Å². The average molecular weight is 332 g/mol. The second-order valence-corrected chi connectivity index (χ2v) is 5.55. The van der Waals surface area contributed by atoms with Crippen LogP contribution in [0.1, 0.15) is 24.9 Å². The highest BCUT2D eigenvalue weighted by Crippen LogP contribution is 2.32. The molecule has 1 aromatic rings. The smallest absolute Gasteiger partial charge is 0.236 e. The summed E-state index contributed by atoms with van der Waals surface area (Å²) in [7, 11) is 1.74. The van der Waals surface area contributed by atoms with Crippen molar-refractivity contribution in [2.24, 2.45) is 5.73 Å². The lowest BCUT2D eigenvalue weighted by Crippen LogP contribution is -2.45. The highest BCUT2D eigenvalue weighted by molar-refractivity contribution is 6.30. The molecule has 0 saturated carbocycles. The van der Waals surface area contributed by atoms with Crippen LogP contribution >= 0.6 is 24.0 Å². The largest absolute Gasteiger partial charge is 0.349 e. The standard InChI is InChI=1S/C14H18ClN3O2.ClH/c1-8(16)14(20)17-11-7-12(19)18(2)13(11)9-3-5-10(15)6-4-9;/h3-6,8,11,13H,7,16H2,1-2H3,(H,17,20);1H/t8-,11?,13?;/m1./s1. The predicted octanol–water partition coefficient (Wildman–Crippen LogP) is 1.50. The van der Waals surface area contributed by atoms with Gasteiger partial charge in [-0.3, -0.25) is 9.59 Å². The van der Waals surface area contributed by atoms with Gasteiger partial charge in [0.25, 0.3) is 0 Å². The van der Waals surface area contributed by atoms with Crippen LogP contribution < -0.4 is 11.1 Å². The van der Waals surface area contributed by atoms with Gasteiger partial charge >= 0.3 is 0 Å². The number of likely N-dealkylation sites (N-methyl/N-ethyl adjacent to an activating group) is 1. The molecule has 1 heterocycles. The van der Waals surface area contributed by atoms with E-state index in [1.807, 2.05) is 12.1 Å². The Bertz CT molecular complexity index is 519. The minimum absolute atomic E-state index is 0. The number of hydrogen-bond acceptors (Lipinski definition) is 3. The quantitative estimate of drug-likeness (QED) is 0.881. The Morgan fingerprint density at radius 2 is 2.00 bits per heavy atom. The zero-order valence-corrected chi connectivity index (χ0v) is 13.4. The summed E-state index contributed by atoms with van der Waals surface area (Å²) < 4.78 is 0. The molecule has 0 aromatic heterocycles. The summed E-state index contributed by atoms with van der Waals surface area (Å²) in [5.74, 6) is -0.253. The van der Waals surface area contributed by atoms with Crippen molar-refractivity contribution in [1.82, 2.24) is 10.2 Å². The summed E-state index contributed by atoms with van der Waals surface area (Å²) in [6.07, 6.45) is 0.280. The molecular weight excluding hydrogens is 313 g/mol. The number of likely N-dealkylation sites (tertiary alicyclic amines) is 1. The number of carbonyl (C=O) groups excluding carboxylic acids is 2. The number of rotatable bonds is 3. The lowest BCUT2D eigenvalue weighted by molar-refractivity contribution is -0.127. The third kappa shape index (κ3) is 3.87. The van der Waals surface area contributed by atoms with Crippen molar-refractivity contribution in [2.75, 3.05) is 7.05 Å². The fraction of sp³-hybridized carbons (Fsp3) is 0.429. The third-order valence-electron chi connectivity index (χ3n) is 3.54. The molecule has 7 heteroatoms. The Balaban J connectivity index is 0.00000220. The molecule has 0 spiro atoms. The van der Waals surface area contributed by atoms with Crippen LogP contribution in [0.2, 0.25) is 5.02 Å². The van der Waals surface area contributed by atoms with E-state index in [1.54, 1.807) is 31.0 Å². The molecule has 0 bridgehead atoms. The second-order valence-electron chi connectivity index (χ2n) is 5.11. The topological polar surface area (TPSA) is 75.4 Å². The van der Waals surface area contributed by atoms with E-state index in [-0.39, 0.29) is 42.7 Å². The lowest BCUT2D eigenvalue weighted by Gasteiger charge is -2.26. The summed E-state index contributed by atoms with van der Waals surface area (Å²) >= 11 is 5.88. The SMILES string of the molecule is C[C@@H](N)C(=O)NC1CC(=O)N(C)C1c1ccc(Cl)cc1.Cl. The van der Waals surface area contributed by atoms with E-state index in [0.29, 0.717) is 5.02 Å². The van der Waals surface area contributed by atoms with E-state index in [4.69, 9.17) is 17.3 Å². The maximum Gasteiger partial charge on any atom is 0.236 e. The Kier molecular flexibility index (Phi) is 6.01. The van der Waals surface area contributed by atoms with E-state index >= 15 is 0 Å². The van der Waals surface area contributed by atoms with Gasteiger partial charge in [0.15, 0.2) is 0 Å². The van der Waals surface area contributed by atoms with Crippen LogP contribution in [0, 0.1) is 0 Å². The van der Waals surface area contributed by atoms with Crippen LogP contribution in [0.15, 0.2) is 24.3 Å². The van der Waals surface area contributed by atoms with Crippen LogP contribution in [-0.2, 0) is 9.59 Å².